The van der Waals surface area contributed by atoms with Gasteiger partial charge in [-0.25, -0.2) is 4.79 Å². The lowest BCUT2D eigenvalue weighted by Gasteiger charge is -2.31. The van der Waals surface area contributed by atoms with Crippen molar-refractivity contribution in [2.24, 2.45) is 0 Å². The van der Waals surface area contributed by atoms with Gasteiger partial charge in [0.15, 0.2) is 12.1 Å². The van der Waals surface area contributed by atoms with Crippen LogP contribution in [-0.4, -0.2) is 80.6 Å². The summed E-state index contributed by atoms with van der Waals surface area (Å²) in [6, 6.07) is -0.615. The number of carbonyl (C=O) groups excluding carboxylic acids is 2. The number of esters is 2. The molecule has 0 heterocycles. The molecule has 0 aromatic heterocycles. The van der Waals surface area contributed by atoms with Crippen LogP contribution >= 0.6 is 0 Å². The molecule has 274 valence electrons. The van der Waals surface area contributed by atoms with Gasteiger partial charge < -0.3 is 23.8 Å². The maximum Gasteiger partial charge on any atom is 0.362 e. The molecule has 0 spiro atoms. The van der Waals surface area contributed by atoms with Crippen LogP contribution in [0.4, 0.5) is 0 Å². The summed E-state index contributed by atoms with van der Waals surface area (Å²) in [7, 11) is 5.50. The Balaban J connectivity index is 4.47. The number of nitrogens with zero attached hydrogens (tertiary/aromatic N) is 1. The van der Waals surface area contributed by atoms with E-state index >= 15 is 0 Å². The SMILES string of the molecule is CCCC/C=C/CCCCCCC(=O)OCC(COCCC(C(=O)O)[N+](C)(C)C)OC(=O)CCCCC/C=C/CCCCCCCC. The van der Waals surface area contributed by atoms with Crippen LogP contribution in [-0.2, 0) is 28.6 Å². The molecular weight excluding hydrogens is 594 g/mol. The summed E-state index contributed by atoms with van der Waals surface area (Å²) in [5.41, 5.74) is 0. The number of likely N-dealkylation sites (N-methyl/N-ethyl adjacent to an activating group) is 1. The Labute approximate surface area is 288 Å². The number of aliphatic carboxylic acids is 1. The van der Waals surface area contributed by atoms with E-state index in [9.17, 15) is 19.5 Å². The van der Waals surface area contributed by atoms with E-state index in [0.29, 0.717) is 19.3 Å². The van der Waals surface area contributed by atoms with Gasteiger partial charge in [0.05, 0.1) is 34.4 Å². The maximum atomic E-state index is 12.6. The lowest BCUT2D eigenvalue weighted by Crippen LogP contribution is -2.50. The highest BCUT2D eigenvalue weighted by Gasteiger charge is 2.31. The molecule has 0 rings (SSSR count). The predicted octanol–water partition coefficient (Wildman–Crippen LogP) is 9.35. The number of allylic oxidation sites excluding steroid dienone is 4. The molecule has 0 aromatic rings. The summed E-state index contributed by atoms with van der Waals surface area (Å²) in [5.74, 6) is -1.51. The number of hydrogen-bond donors (Lipinski definition) is 1. The number of hydrogen-bond acceptors (Lipinski definition) is 6. The fraction of sp³-hybridized carbons (Fsp3) is 0.821. The van der Waals surface area contributed by atoms with Crippen molar-refractivity contribution in [1.29, 1.82) is 0 Å². The largest absolute Gasteiger partial charge is 0.477 e. The third-order valence-corrected chi connectivity index (χ3v) is 8.32. The average molecular weight is 667 g/mol. The van der Waals surface area contributed by atoms with E-state index in [1.165, 1.54) is 51.4 Å². The van der Waals surface area contributed by atoms with Gasteiger partial charge in [-0.2, -0.15) is 0 Å². The van der Waals surface area contributed by atoms with Crippen LogP contribution in [0.1, 0.15) is 155 Å². The maximum absolute atomic E-state index is 12.6. The predicted molar refractivity (Wildman–Crippen MR) is 192 cm³/mol. The number of unbranched alkanes of at least 4 members (excludes halogenated alkanes) is 15. The molecular formula is C39H72NO7+. The lowest BCUT2D eigenvalue weighted by atomic mass is 10.1. The van der Waals surface area contributed by atoms with Crippen molar-refractivity contribution >= 4 is 17.9 Å². The Morgan fingerprint density at radius 1 is 0.617 bits per heavy atom. The number of rotatable bonds is 33. The van der Waals surface area contributed by atoms with E-state index in [1.54, 1.807) is 0 Å². The van der Waals surface area contributed by atoms with E-state index in [-0.39, 0.29) is 36.2 Å². The van der Waals surface area contributed by atoms with Crippen LogP contribution in [0, 0.1) is 0 Å². The second-order valence-corrected chi connectivity index (χ2v) is 13.8. The van der Waals surface area contributed by atoms with E-state index in [1.807, 2.05) is 21.1 Å². The molecule has 0 fully saturated rings. The van der Waals surface area contributed by atoms with Gasteiger partial charge in [-0.3, -0.25) is 9.59 Å². The van der Waals surface area contributed by atoms with E-state index < -0.39 is 18.1 Å². The van der Waals surface area contributed by atoms with E-state index in [0.717, 1.165) is 70.6 Å². The average Bonchev–Trinajstić information content (AvgIpc) is 3.01. The van der Waals surface area contributed by atoms with Gasteiger partial charge in [0.1, 0.15) is 6.61 Å². The summed E-state index contributed by atoms with van der Waals surface area (Å²) in [6.45, 7) is 4.64. The summed E-state index contributed by atoms with van der Waals surface area (Å²) in [5, 5.41) is 9.57. The van der Waals surface area contributed by atoms with Crippen LogP contribution in [0.15, 0.2) is 24.3 Å². The standard InChI is InChI=1S/C39H71NO7/c1-6-8-10-12-14-16-18-19-20-22-24-26-28-30-38(42)47-35(33-45-32-31-36(39(43)44)40(3,4)5)34-46-37(41)29-27-25-23-21-17-15-13-11-9-7-2/h13,15,19-20,35-36H,6-12,14,16-18,21-34H2,1-5H3/p+1/b15-13+,20-19+. The quantitative estimate of drug-likeness (QED) is 0.0322. The van der Waals surface area contributed by atoms with Gasteiger partial charge in [-0.1, -0.05) is 102 Å². The third kappa shape index (κ3) is 29.7. The van der Waals surface area contributed by atoms with Crippen LogP contribution in [0.3, 0.4) is 0 Å². The van der Waals surface area contributed by atoms with E-state index in [2.05, 4.69) is 38.2 Å². The minimum atomic E-state index is -0.880. The zero-order chi connectivity index (χ0) is 35.0. The molecule has 47 heavy (non-hydrogen) atoms. The summed E-state index contributed by atoms with van der Waals surface area (Å²) >= 11 is 0. The third-order valence-electron chi connectivity index (χ3n) is 8.32. The molecule has 0 saturated heterocycles. The molecule has 8 nitrogen and oxygen atoms in total. The molecule has 0 radical (unpaired) electrons. The van der Waals surface area contributed by atoms with Crippen LogP contribution in [0.25, 0.3) is 0 Å². The van der Waals surface area contributed by atoms with Crippen molar-refractivity contribution in [2.75, 3.05) is 41.0 Å². The van der Waals surface area contributed by atoms with Crippen molar-refractivity contribution in [3.63, 3.8) is 0 Å². The number of carbonyl (C=O) groups is 3. The zero-order valence-electron chi connectivity index (χ0n) is 31.0. The molecule has 0 aromatic carbocycles. The van der Waals surface area contributed by atoms with E-state index in [4.69, 9.17) is 14.2 Å². The second-order valence-electron chi connectivity index (χ2n) is 13.8. The fourth-order valence-corrected chi connectivity index (χ4v) is 5.30. The summed E-state index contributed by atoms with van der Waals surface area (Å²) in [6.07, 6.45) is 30.8. The zero-order valence-corrected chi connectivity index (χ0v) is 31.0. The fourth-order valence-electron chi connectivity index (χ4n) is 5.30. The van der Waals surface area contributed by atoms with Gasteiger partial charge in [-0.15, -0.1) is 0 Å². The Morgan fingerprint density at radius 2 is 1.09 bits per heavy atom. The first-order valence-electron chi connectivity index (χ1n) is 18.9. The Morgan fingerprint density at radius 3 is 1.62 bits per heavy atom. The smallest absolute Gasteiger partial charge is 0.362 e. The molecule has 0 aliphatic carbocycles. The van der Waals surface area contributed by atoms with Crippen molar-refractivity contribution in [3.05, 3.63) is 24.3 Å². The van der Waals surface area contributed by atoms with Gasteiger partial charge in [0.2, 0.25) is 0 Å². The second kappa shape index (κ2) is 31.1. The number of quaternary nitrogens is 1. The molecule has 0 aliphatic heterocycles. The molecule has 8 heteroatoms. The molecule has 0 amide bonds. The normalized spacial score (nSPS) is 13.3. The Hall–Kier alpha value is -2.19. The molecule has 0 saturated carbocycles. The number of ether oxygens (including phenoxy) is 3. The summed E-state index contributed by atoms with van der Waals surface area (Å²) in [4.78, 5) is 36.7. The highest BCUT2D eigenvalue weighted by molar-refractivity contribution is 5.72. The molecule has 0 bridgehead atoms. The van der Waals surface area contributed by atoms with Gasteiger partial charge in [0, 0.05) is 19.3 Å². The Kier molecular flexibility index (Phi) is 29.7. The number of carboxylic acids is 1. The molecule has 0 aliphatic rings. The van der Waals surface area contributed by atoms with Crippen molar-refractivity contribution < 1.29 is 38.2 Å². The first-order valence-corrected chi connectivity index (χ1v) is 18.9. The lowest BCUT2D eigenvalue weighted by molar-refractivity contribution is -0.887. The molecule has 1 N–H and O–H groups in total. The first-order chi connectivity index (χ1) is 22.6. The topological polar surface area (TPSA) is 99.1 Å². The minimum Gasteiger partial charge on any atom is -0.477 e. The summed E-state index contributed by atoms with van der Waals surface area (Å²) < 4.78 is 17.1. The first kappa shape index (κ1) is 44.8. The minimum absolute atomic E-state index is 0.0532. The highest BCUT2D eigenvalue weighted by Crippen LogP contribution is 2.12. The van der Waals surface area contributed by atoms with Gasteiger partial charge in [-0.05, 0) is 57.8 Å². The van der Waals surface area contributed by atoms with Crippen LogP contribution in [0.2, 0.25) is 0 Å². The highest BCUT2D eigenvalue weighted by atomic mass is 16.6. The van der Waals surface area contributed by atoms with Crippen molar-refractivity contribution in [2.45, 2.75) is 167 Å². The monoisotopic (exact) mass is 667 g/mol. The number of carboxylic acid groups (broad SMARTS) is 1. The molecule has 2 atom stereocenters. The Bertz CT molecular complexity index is 834. The van der Waals surface area contributed by atoms with Crippen molar-refractivity contribution in [3.8, 4) is 0 Å². The van der Waals surface area contributed by atoms with Crippen LogP contribution < -0.4 is 0 Å². The van der Waals surface area contributed by atoms with Gasteiger partial charge in [0.25, 0.3) is 0 Å². The van der Waals surface area contributed by atoms with Crippen LogP contribution in [0.5, 0.6) is 0 Å². The van der Waals surface area contributed by atoms with Crippen molar-refractivity contribution in [1.82, 2.24) is 0 Å². The molecule has 2 unspecified atom stereocenters. The van der Waals surface area contributed by atoms with Gasteiger partial charge >= 0.3 is 17.9 Å².